The van der Waals surface area contributed by atoms with Gasteiger partial charge in [-0.05, 0) is 24.3 Å². The highest BCUT2D eigenvalue weighted by Crippen LogP contribution is 2.29. The maximum Gasteiger partial charge on any atom is 0.340 e. The third kappa shape index (κ3) is 4.92. The smallest absolute Gasteiger partial charge is 0.340 e. The van der Waals surface area contributed by atoms with Crippen molar-refractivity contribution in [3.05, 3.63) is 38.9 Å². The zero-order valence-corrected chi connectivity index (χ0v) is 14.9. The molecule has 1 aromatic rings. The van der Waals surface area contributed by atoms with Gasteiger partial charge in [-0.25, -0.2) is 4.79 Å². The van der Waals surface area contributed by atoms with Crippen LogP contribution in [-0.2, 0) is 9.53 Å². The van der Waals surface area contributed by atoms with Crippen LogP contribution in [0.4, 0.5) is 5.69 Å². The van der Waals surface area contributed by atoms with Gasteiger partial charge in [-0.1, -0.05) is 38.3 Å². The fraction of sp³-hybridized carbons (Fsp3) is 0.529. The van der Waals surface area contributed by atoms with Gasteiger partial charge < -0.3 is 10.1 Å². The lowest BCUT2D eigenvalue weighted by atomic mass is 9.78. The summed E-state index contributed by atoms with van der Waals surface area (Å²) in [5.74, 6) is -0.361. The number of hydrogen-bond donors (Lipinski definition) is 1. The lowest BCUT2D eigenvalue weighted by Gasteiger charge is -2.34. The molecule has 136 valence electrons. The first-order valence-corrected chi connectivity index (χ1v) is 8.57. The number of nitrogens with one attached hydrogen (secondary N) is 1. The zero-order valence-electron chi connectivity index (χ0n) is 14.2. The van der Waals surface area contributed by atoms with E-state index in [0.29, 0.717) is 11.8 Å². The molecule has 1 saturated carbocycles. The number of nitro benzene ring substituents is 1. The molecule has 0 spiro atoms. The van der Waals surface area contributed by atoms with E-state index in [9.17, 15) is 19.7 Å². The molecule has 1 N–H and O–H groups in total. The second-order valence-electron chi connectivity index (χ2n) is 6.44. The van der Waals surface area contributed by atoms with Crippen molar-refractivity contribution in [2.24, 2.45) is 11.8 Å². The zero-order chi connectivity index (χ0) is 18.6. The molecule has 1 aromatic carbocycles. The fourth-order valence-electron chi connectivity index (χ4n) is 3.03. The quantitative estimate of drug-likeness (QED) is 0.488. The Morgan fingerprint density at radius 1 is 1.36 bits per heavy atom. The van der Waals surface area contributed by atoms with Gasteiger partial charge >= 0.3 is 5.97 Å². The highest BCUT2D eigenvalue weighted by molar-refractivity contribution is 6.33. The number of hydrogen-bond acceptors (Lipinski definition) is 5. The second kappa shape index (κ2) is 8.29. The van der Waals surface area contributed by atoms with Crippen molar-refractivity contribution in [1.82, 2.24) is 5.32 Å². The largest absolute Gasteiger partial charge is 0.452 e. The summed E-state index contributed by atoms with van der Waals surface area (Å²) in [4.78, 5) is 34.2. The SMILES string of the molecule is C[C@H]1[C@@H](NC(=O)COC(=O)c2cc([N+](=O)[O-])ccc2Cl)CCC[C@@H]1C. The predicted molar refractivity (Wildman–Crippen MR) is 92.5 cm³/mol. The van der Waals surface area contributed by atoms with Crippen molar-refractivity contribution in [3.8, 4) is 0 Å². The molecule has 2 rings (SSSR count). The number of carbonyl (C=O) groups excluding carboxylic acids is 2. The van der Waals surface area contributed by atoms with E-state index in [1.807, 2.05) is 0 Å². The van der Waals surface area contributed by atoms with Crippen molar-refractivity contribution < 1.29 is 19.2 Å². The van der Waals surface area contributed by atoms with E-state index in [-0.39, 0.29) is 28.2 Å². The minimum atomic E-state index is -0.867. The van der Waals surface area contributed by atoms with Crippen LogP contribution >= 0.6 is 11.6 Å². The van der Waals surface area contributed by atoms with Gasteiger partial charge in [-0.2, -0.15) is 0 Å². The third-order valence-electron chi connectivity index (χ3n) is 4.77. The predicted octanol–water partition coefficient (Wildman–Crippen LogP) is 3.35. The maximum absolute atomic E-state index is 12.0. The summed E-state index contributed by atoms with van der Waals surface area (Å²) in [5.41, 5.74) is -0.408. The number of halogens is 1. The summed E-state index contributed by atoms with van der Waals surface area (Å²) in [5, 5.41) is 13.7. The summed E-state index contributed by atoms with van der Waals surface area (Å²) in [6.07, 6.45) is 3.11. The van der Waals surface area contributed by atoms with E-state index in [0.717, 1.165) is 25.3 Å². The minimum absolute atomic E-state index is 0.0331. The lowest BCUT2D eigenvalue weighted by molar-refractivity contribution is -0.384. The fourth-order valence-corrected chi connectivity index (χ4v) is 3.22. The standard InChI is InChI=1S/C17H21ClN2O5/c1-10-4-3-5-15(11(10)2)19-16(21)9-25-17(22)13-8-12(20(23)24)6-7-14(13)18/h6-8,10-11,15H,3-5,9H2,1-2H3,(H,19,21)/t10-,11+,15-/m0/s1. The molecule has 1 fully saturated rings. The van der Waals surface area contributed by atoms with E-state index in [1.54, 1.807) is 0 Å². The summed E-state index contributed by atoms with van der Waals surface area (Å²) < 4.78 is 4.95. The van der Waals surface area contributed by atoms with Gasteiger partial charge in [0.1, 0.15) is 0 Å². The molecule has 0 unspecified atom stereocenters. The summed E-state index contributed by atoms with van der Waals surface area (Å²) in [6.45, 7) is 3.81. The van der Waals surface area contributed by atoms with Crippen LogP contribution in [-0.4, -0.2) is 29.4 Å². The number of esters is 1. The highest BCUT2D eigenvalue weighted by Gasteiger charge is 2.28. The number of nitro groups is 1. The third-order valence-corrected chi connectivity index (χ3v) is 5.10. The number of nitrogens with zero attached hydrogens (tertiary/aromatic N) is 1. The van der Waals surface area contributed by atoms with Crippen molar-refractivity contribution in [1.29, 1.82) is 0 Å². The van der Waals surface area contributed by atoms with Gasteiger partial charge in [-0.15, -0.1) is 0 Å². The van der Waals surface area contributed by atoms with Gasteiger partial charge in [0.25, 0.3) is 11.6 Å². The molecule has 0 radical (unpaired) electrons. The minimum Gasteiger partial charge on any atom is -0.452 e. The van der Waals surface area contributed by atoms with E-state index >= 15 is 0 Å². The molecule has 3 atom stereocenters. The van der Waals surface area contributed by atoms with Gasteiger partial charge in [0.05, 0.1) is 15.5 Å². The molecular formula is C17H21ClN2O5. The first-order valence-electron chi connectivity index (χ1n) is 8.20. The van der Waals surface area contributed by atoms with Crippen LogP contribution in [0.5, 0.6) is 0 Å². The Bertz CT molecular complexity index is 679. The Morgan fingerprint density at radius 3 is 2.76 bits per heavy atom. The van der Waals surface area contributed by atoms with Crippen molar-refractivity contribution >= 4 is 29.2 Å². The molecule has 1 aliphatic carbocycles. The molecule has 0 aliphatic heterocycles. The van der Waals surface area contributed by atoms with Gasteiger partial charge in [0.15, 0.2) is 6.61 Å². The van der Waals surface area contributed by atoms with Crippen molar-refractivity contribution in [2.45, 2.75) is 39.2 Å². The van der Waals surface area contributed by atoms with Gasteiger partial charge in [0, 0.05) is 18.2 Å². The van der Waals surface area contributed by atoms with E-state index in [4.69, 9.17) is 16.3 Å². The Balaban J connectivity index is 1.92. The molecule has 0 aromatic heterocycles. The molecule has 1 amide bonds. The Hall–Kier alpha value is -2.15. The van der Waals surface area contributed by atoms with Gasteiger partial charge in [-0.3, -0.25) is 14.9 Å². The van der Waals surface area contributed by atoms with Crippen LogP contribution < -0.4 is 5.32 Å². The molecule has 0 heterocycles. The Morgan fingerprint density at radius 2 is 2.08 bits per heavy atom. The number of non-ortho nitro benzene ring substituents is 1. The Kier molecular flexibility index (Phi) is 6.36. The summed E-state index contributed by atoms with van der Waals surface area (Å²) in [6, 6.07) is 3.54. The maximum atomic E-state index is 12.0. The van der Waals surface area contributed by atoms with Gasteiger partial charge in [0.2, 0.25) is 0 Å². The van der Waals surface area contributed by atoms with E-state index in [2.05, 4.69) is 19.2 Å². The van der Waals surface area contributed by atoms with E-state index < -0.39 is 17.5 Å². The van der Waals surface area contributed by atoms with Crippen LogP contribution in [0.25, 0.3) is 0 Å². The van der Waals surface area contributed by atoms with Crippen LogP contribution in [0.15, 0.2) is 18.2 Å². The normalized spacial score (nSPS) is 22.9. The monoisotopic (exact) mass is 368 g/mol. The number of rotatable bonds is 5. The summed E-state index contributed by atoms with van der Waals surface area (Å²) in [7, 11) is 0. The number of carbonyl (C=O) groups is 2. The van der Waals surface area contributed by atoms with E-state index in [1.165, 1.54) is 12.1 Å². The molecule has 8 heteroatoms. The number of amides is 1. The average Bonchev–Trinajstić information content (AvgIpc) is 2.57. The first kappa shape index (κ1) is 19.2. The van der Waals surface area contributed by atoms with Crippen LogP contribution in [0, 0.1) is 22.0 Å². The lowest BCUT2D eigenvalue weighted by Crippen LogP contribution is -2.45. The highest BCUT2D eigenvalue weighted by atomic mass is 35.5. The van der Waals surface area contributed by atoms with Crippen LogP contribution in [0.2, 0.25) is 5.02 Å². The molecule has 0 saturated heterocycles. The second-order valence-corrected chi connectivity index (χ2v) is 6.85. The van der Waals surface area contributed by atoms with Crippen molar-refractivity contribution in [2.75, 3.05) is 6.61 Å². The van der Waals surface area contributed by atoms with Crippen LogP contribution in [0.3, 0.4) is 0 Å². The van der Waals surface area contributed by atoms with Crippen molar-refractivity contribution in [3.63, 3.8) is 0 Å². The van der Waals surface area contributed by atoms with Crippen LogP contribution in [0.1, 0.15) is 43.5 Å². The molecular weight excluding hydrogens is 348 g/mol. The Labute approximate surface area is 150 Å². The molecule has 25 heavy (non-hydrogen) atoms. The topological polar surface area (TPSA) is 98.5 Å². The number of benzene rings is 1. The molecule has 7 nitrogen and oxygen atoms in total. The average molecular weight is 369 g/mol. The summed E-state index contributed by atoms with van der Waals surface area (Å²) >= 11 is 5.88. The first-order chi connectivity index (χ1) is 11.8. The molecule has 1 aliphatic rings. The number of ether oxygens (including phenoxy) is 1. The molecule has 0 bridgehead atoms.